The lowest BCUT2D eigenvalue weighted by atomic mass is 10.2. The van der Waals surface area contributed by atoms with Crippen LogP contribution >= 0.6 is 0 Å². The Morgan fingerprint density at radius 1 is 1.25 bits per heavy atom. The molecule has 3 rings (SSSR count). The first kappa shape index (κ1) is 8.93. The minimum Gasteiger partial charge on any atom is -0.299 e. The number of hydrogen-bond acceptors (Lipinski definition) is 2. The highest BCUT2D eigenvalue weighted by molar-refractivity contribution is 5.82. The first-order valence-corrected chi connectivity index (χ1v) is 5.08. The normalized spacial score (nSPS) is 10.8. The smallest absolute Gasteiger partial charge is 0.156 e. The second-order valence-corrected chi connectivity index (χ2v) is 3.78. The maximum atomic E-state index is 9.14. The third kappa shape index (κ3) is 1.04. The van der Waals surface area contributed by atoms with Crippen LogP contribution in [0.2, 0.25) is 0 Å². The standard InChI is InChI=1S/C13H9N3/c1-9-6-7-16-12-5-3-2-4-11(12)15-13(16)10(9)8-14/h2-7H,1H3. The fraction of sp³-hybridized carbons (Fsp3) is 0.0769. The number of benzene rings is 1. The van der Waals surface area contributed by atoms with Crippen molar-refractivity contribution < 1.29 is 0 Å². The van der Waals surface area contributed by atoms with Gasteiger partial charge in [-0.25, -0.2) is 4.98 Å². The number of imidazole rings is 1. The van der Waals surface area contributed by atoms with Gasteiger partial charge in [0, 0.05) is 6.20 Å². The van der Waals surface area contributed by atoms with Gasteiger partial charge in [-0.3, -0.25) is 4.40 Å². The molecule has 76 valence electrons. The van der Waals surface area contributed by atoms with Crippen molar-refractivity contribution in [1.29, 1.82) is 5.26 Å². The second kappa shape index (κ2) is 3.07. The fourth-order valence-corrected chi connectivity index (χ4v) is 1.96. The van der Waals surface area contributed by atoms with Crippen LogP contribution in [0.5, 0.6) is 0 Å². The van der Waals surface area contributed by atoms with Crippen LogP contribution in [0.3, 0.4) is 0 Å². The number of fused-ring (bicyclic) bond motifs is 3. The fourth-order valence-electron chi connectivity index (χ4n) is 1.96. The number of aryl methyl sites for hydroxylation is 1. The van der Waals surface area contributed by atoms with Crippen LogP contribution in [0, 0.1) is 18.3 Å². The Balaban J connectivity index is 2.60. The number of nitriles is 1. The lowest BCUT2D eigenvalue weighted by molar-refractivity contribution is 1.19. The van der Waals surface area contributed by atoms with Crippen molar-refractivity contribution in [2.24, 2.45) is 0 Å². The monoisotopic (exact) mass is 207 g/mol. The van der Waals surface area contributed by atoms with Gasteiger partial charge < -0.3 is 0 Å². The summed E-state index contributed by atoms with van der Waals surface area (Å²) in [7, 11) is 0. The predicted molar refractivity (Wildman–Crippen MR) is 62.2 cm³/mol. The van der Waals surface area contributed by atoms with Gasteiger partial charge in [0.05, 0.1) is 16.6 Å². The molecule has 0 amide bonds. The molecule has 0 radical (unpaired) electrons. The summed E-state index contributed by atoms with van der Waals surface area (Å²) in [4.78, 5) is 4.49. The Hall–Kier alpha value is -2.34. The van der Waals surface area contributed by atoms with E-state index in [0.29, 0.717) is 5.56 Å². The van der Waals surface area contributed by atoms with Gasteiger partial charge in [0.1, 0.15) is 6.07 Å². The third-order valence-corrected chi connectivity index (χ3v) is 2.80. The summed E-state index contributed by atoms with van der Waals surface area (Å²) in [5.74, 6) is 0. The van der Waals surface area contributed by atoms with Crippen molar-refractivity contribution >= 4 is 16.7 Å². The molecule has 0 N–H and O–H groups in total. The van der Waals surface area contributed by atoms with Gasteiger partial charge in [-0.1, -0.05) is 12.1 Å². The maximum absolute atomic E-state index is 9.14. The molecule has 0 saturated heterocycles. The van der Waals surface area contributed by atoms with Crippen molar-refractivity contribution in [2.75, 3.05) is 0 Å². The topological polar surface area (TPSA) is 41.1 Å². The summed E-state index contributed by atoms with van der Waals surface area (Å²) in [6.07, 6.45) is 1.96. The molecule has 1 aromatic carbocycles. The Morgan fingerprint density at radius 2 is 2.06 bits per heavy atom. The van der Waals surface area contributed by atoms with E-state index in [1.165, 1.54) is 0 Å². The molecule has 3 nitrogen and oxygen atoms in total. The lowest BCUT2D eigenvalue weighted by Crippen LogP contribution is -1.91. The highest BCUT2D eigenvalue weighted by Crippen LogP contribution is 2.20. The van der Waals surface area contributed by atoms with Gasteiger partial charge in [0.25, 0.3) is 0 Å². The van der Waals surface area contributed by atoms with E-state index in [2.05, 4.69) is 11.1 Å². The molecule has 0 unspecified atom stereocenters. The SMILES string of the molecule is Cc1ccn2c(nc3ccccc32)c1C#N. The van der Waals surface area contributed by atoms with Crippen LogP contribution in [0.1, 0.15) is 11.1 Å². The van der Waals surface area contributed by atoms with Gasteiger partial charge in [0.2, 0.25) is 0 Å². The second-order valence-electron chi connectivity index (χ2n) is 3.78. The van der Waals surface area contributed by atoms with E-state index < -0.39 is 0 Å². The van der Waals surface area contributed by atoms with Gasteiger partial charge >= 0.3 is 0 Å². The van der Waals surface area contributed by atoms with E-state index in [-0.39, 0.29) is 0 Å². The summed E-state index contributed by atoms with van der Waals surface area (Å²) < 4.78 is 1.96. The van der Waals surface area contributed by atoms with Crippen LogP contribution in [0.4, 0.5) is 0 Å². The Labute approximate surface area is 92.6 Å². The van der Waals surface area contributed by atoms with Crippen molar-refractivity contribution in [3.8, 4) is 6.07 Å². The molecule has 0 aliphatic carbocycles. The molecular weight excluding hydrogens is 198 g/mol. The summed E-state index contributed by atoms with van der Waals surface area (Å²) in [5, 5.41) is 9.14. The highest BCUT2D eigenvalue weighted by atomic mass is 15.0. The largest absolute Gasteiger partial charge is 0.299 e. The molecule has 2 heterocycles. The van der Waals surface area contributed by atoms with Crippen LogP contribution in [-0.2, 0) is 0 Å². The number of rotatable bonds is 0. The van der Waals surface area contributed by atoms with Crippen molar-refractivity contribution in [1.82, 2.24) is 9.38 Å². The summed E-state index contributed by atoms with van der Waals surface area (Å²) >= 11 is 0. The Morgan fingerprint density at radius 3 is 2.88 bits per heavy atom. The van der Waals surface area contributed by atoms with E-state index in [0.717, 1.165) is 22.2 Å². The van der Waals surface area contributed by atoms with E-state index in [9.17, 15) is 0 Å². The molecule has 16 heavy (non-hydrogen) atoms. The van der Waals surface area contributed by atoms with Gasteiger partial charge in [-0.15, -0.1) is 0 Å². The van der Waals surface area contributed by atoms with E-state index >= 15 is 0 Å². The molecular formula is C13H9N3. The van der Waals surface area contributed by atoms with Crippen LogP contribution in [0.25, 0.3) is 16.7 Å². The lowest BCUT2D eigenvalue weighted by Gasteiger charge is -1.99. The molecule has 0 bridgehead atoms. The average Bonchev–Trinajstić information content (AvgIpc) is 2.67. The molecule has 2 aromatic heterocycles. The van der Waals surface area contributed by atoms with Crippen LogP contribution in [-0.4, -0.2) is 9.38 Å². The quantitative estimate of drug-likeness (QED) is 0.568. The number of nitrogens with zero attached hydrogens (tertiary/aromatic N) is 3. The van der Waals surface area contributed by atoms with Crippen molar-refractivity contribution in [2.45, 2.75) is 6.92 Å². The molecule has 0 fully saturated rings. The van der Waals surface area contributed by atoms with E-state index in [1.807, 2.05) is 47.9 Å². The van der Waals surface area contributed by atoms with Crippen LogP contribution in [0.15, 0.2) is 36.5 Å². The molecule has 3 heteroatoms. The first-order chi connectivity index (χ1) is 7.81. The van der Waals surface area contributed by atoms with Crippen molar-refractivity contribution in [3.05, 3.63) is 47.7 Å². The van der Waals surface area contributed by atoms with Gasteiger partial charge in [-0.05, 0) is 30.7 Å². The first-order valence-electron chi connectivity index (χ1n) is 5.08. The molecule has 0 aliphatic heterocycles. The van der Waals surface area contributed by atoms with E-state index in [1.54, 1.807) is 0 Å². The van der Waals surface area contributed by atoms with E-state index in [4.69, 9.17) is 5.26 Å². The number of hydrogen-bond donors (Lipinski definition) is 0. The third-order valence-electron chi connectivity index (χ3n) is 2.80. The summed E-state index contributed by atoms with van der Waals surface area (Å²) in [6, 6.07) is 12.0. The molecule has 0 saturated carbocycles. The highest BCUT2D eigenvalue weighted by Gasteiger charge is 2.09. The maximum Gasteiger partial charge on any atom is 0.156 e. The summed E-state index contributed by atoms with van der Waals surface area (Å²) in [6.45, 7) is 1.93. The minimum atomic E-state index is 0.652. The van der Waals surface area contributed by atoms with Crippen LogP contribution < -0.4 is 0 Å². The minimum absolute atomic E-state index is 0.652. The van der Waals surface area contributed by atoms with Gasteiger partial charge in [0.15, 0.2) is 5.65 Å². The van der Waals surface area contributed by atoms with Crippen molar-refractivity contribution in [3.63, 3.8) is 0 Å². The average molecular weight is 207 g/mol. The number of aromatic nitrogens is 2. The summed E-state index contributed by atoms with van der Waals surface area (Å²) in [5.41, 5.74) is 4.31. The zero-order chi connectivity index (χ0) is 11.1. The Kier molecular flexibility index (Phi) is 1.72. The zero-order valence-corrected chi connectivity index (χ0v) is 8.81. The molecule has 3 aromatic rings. The predicted octanol–water partition coefficient (Wildman–Crippen LogP) is 2.67. The zero-order valence-electron chi connectivity index (χ0n) is 8.81. The number of para-hydroxylation sites is 2. The van der Waals surface area contributed by atoms with Gasteiger partial charge in [-0.2, -0.15) is 5.26 Å². The molecule has 0 aliphatic rings. The molecule has 0 atom stereocenters. The molecule has 0 spiro atoms. The number of pyridine rings is 1. The Bertz CT molecular complexity index is 732.